The minimum atomic E-state index is -0.167. The van der Waals surface area contributed by atoms with Crippen LogP contribution in [-0.4, -0.2) is 72.3 Å². The molecule has 10 heteroatoms. The van der Waals surface area contributed by atoms with Crippen molar-refractivity contribution in [2.45, 2.75) is 19.8 Å². The molecule has 0 saturated carbocycles. The molecule has 0 spiro atoms. The Morgan fingerprint density at radius 1 is 0.738 bits per heavy atom. The fraction of sp³-hybridized carbons (Fsp3) is 0.250. The maximum Gasteiger partial charge on any atom is 0.251 e. The first-order valence-electron chi connectivity index (χ1n) is 12.9. The molecule has 0 radical (unpaired) electrons. The Kier molecular flexibility index (Phi) is 19.2. The molecule has 0 aliphatic rings. The normalized spacial score (nSPS) is 9.24. The molecule has 224 valence electrons. The molecule has 3 rings (SSSR count). The topological polar surface area (TPSA) is 133 Å². The number of aldehydes is 1. The highest BCUT2D eigenvalue weighted by molar-refractivity contribution is 5.94. The van der Waals surface area contributed by atoms with E-state index in [0.29, 0.717) is 24.1 Å². The van der Waals surface area contributed by atoms with Gasteiger partial charge in [0.25, 0.3) is 5.91 Å². The molecule has 0 bridgehead atoms. The summed E-state index contributed by atoms with van der Waals surface area (Å²) >= 11 is 0. The van der Waals surface area contributed by atoms with Crippen LogP contribution in [-0.2, 0) is 32.0 Å². The van der Waals surface area contributed by atoms with Gasteiger partial charge in [-0.3, -0.25) is 19.2 Å². The lowest BCUT2D eigenvalue weighted by Gasteiger charge is -2.15. The van der Waals surface area contributed by atoms with Crippen molar-refractivity contribution in [3.63, 3.8) is 0 Å². The van der Waals surface area contributed by atoms with Crippen LogP contribution in [0.3, 0.4) is 0 Å². The highest BCUT2D eigenvalue weighted by Gasteiger charge is 2.06. The second-order valence-electron chi connectivity index (χ2n) is 8.73. The molecule has 0 heterocycles. The Labute approximate surface area is 247 Å². The van der Waals surface area contributed by atoms with Gasteiger partial charge in [-0.25, -0.2) is 0 Å². The van der Waals surface area contributed by atoms with Crippen molar-refractivity contribution in [2.24, 2.45) is 0 Å². The van der Waals surface area contributed by atoms with E-state index in [2.05, 4.69) is 22.8 Å². The molecule has 3 amide bonds. The quantitative estimate of drug-likeness (QED) is 0.335. The predicted molar refractivity (Wildman–Crippen MR) is 166 cm³/mol. The number of nitrogens with one attached hydrogen (secondary N) is 2. The summed E-state index contributed by atoms with van der Waals surface area (Å²) in [5.41, 5.74) is 5.19. The van der Waals surface area contributed by atoms with Gasteiger partial charge >= 0.3 is 0 Å². The molecule has 0 aromatic heterocycles. The first-order valence-corrected chi connectivity index (χ1v) is 12.9. The minimum absolute atomic E-state index is 0.0537. The second-order valence-corrected chi connectivity index (χ2v) is 8.73. The molecule has 0 aliphatic heterocycles. The first kappa shape index (κ1) is 37.0. The fourth-order valence-corrected chi connectivity index (χ4v) is 3.43. The zero-order valence-corrected chi connectivity index (χ0v) is 24.7. The van der Waals surface area contributed by atoms with Gasteiger partial charge in [0.15, 0.2) is 0 Å². The lowest BCUT2D eigenvalue weighted by atomic mass is 10.1. The summed E-state index contributed by atoms with van der Waals surface area (Å²) in [4.78, 5) is 63.5. The van der Waals surface area contributed by atoms with Gasteiger partial charge in [-0.1, -0.05) is 36.4 Å². The van der Waals surface area contributed by atoms with Gasteiger partial charge in [-0.15, -0.1) is 0 Å². The molecular weight excluding hydrogens is 536 g/mol. The molecule has 2 N–H and O–H groups in total. The van der Waals surface area contributed by atoms with Gasteiger partial charge in [-0.2, -0.15) is 0 Å². The molecule has 0 aliphatic carbocycles. The van der Waals surface area contributed by atoms with Gasteiger partial charge < -0.3 is 30.0 Å². The molecule has 10 nitrogen and oxygen atoms in total. The third kappa shape index (κ3) is 13.4. The summed E-state index contributed by atoms with van der Waals surface area (Å²) < 4.78 is 0. The summed E-state index contributed by atoms with van der Waals surface area (Å²) in [6.07, 6.45) is 3.21. The van der Waals surface area contributed by atoms with Crippen molar-refractivity contribution in [1.29, 1.82) is 0 Å². The van der Waals surface area contributed by atoms with Crippen molar-refractivity contribution < 1.29 is 28.8 Å². The largest absolute Gasteiger partial charge is 0.352 e. The number of rotatable bonds is 11. The van der Waals surface area contributed by atoms with Crippen LogP contribution in [0.25, 0.3) is 0 Å². The Morgan fingerprint density at radius 3 is 1.64 bits per heavy atom. The van der Waals surface area contributed by atoms with E-state index in [9.17, 15) is 19.2 Å². The van der Waals surface area contributed by atoms with Gasteiger partial charge in [0.05, 0.1) is 0 Å². The molecule has 3 aromatic carbocycles. The van der Waals surface area contributed by atoms with E-state index in [-0.39, 0.29) is 11.8 Å². The van der Waals surface area contributed by atoms with E-state index < -0.39 is 0 Å². The molecule has 0 saturated heterocycles. The van der Waals surface area contributed by atoms with Crippen molar-refractivity contribution in [1.82, 2.24) is 10.6 Å². The van der Waals surface area contributed by atoms with E-state index >= 15 is 0 Å². The number of anilines is 2. The SMILES string of the molecule is C=O.C=O.CN(C=O)c1ccc(CCNC(=O)c2ccc(C=O)cc2)cc1.CNCCc1ccc(N(C)C(C)=O)cc1. The van der Waals surface area contributed by atoms with Crippen molar-refractivity contribution in [3.05, 3.63) is 95.1 Å². The van der Waals surface area contributed by atoms with E-state index in [1.165, 1.54) is 10.5 Å². The number of hydrogen-bond donors (Lipinski definition) is 2. The fourth-order valence-electron chi connectivity index (χ4n) is 3.43. The number of amides is 3. The van der Waals surface area contributed by atoms with Gasteiger partial charge in [-0.05, 0) is 74.0 Å². The number of carbonyl (C=O) groups excluding carboxylic acids is 6. The lowest BCUT2D eigenvalue weighted by Crippen LogP contribution is -2.25. The Bertz CT molecular complexity index is 1210. The average molecular weight is 577 g/mol. The van der Waals surface area contributed by atoms with Crippen molar-refractivity contribution in [2.75, 3.05) is 44.0 Å². The lowest BCUT2D eigenvalue weighted by molar-refractivity contribution is -0.116. The number of carbonyl (C=O) groups is 6. The van der Waals surface area contributed by atoms with Gasteiger partial charge in [0.1, 0.15) is 19.9 Å². The van der Waals surface area contributed by atoms with Crippen LogP contribution >= 0.6 is 0 Å². The summed E-state index contributed by atoms with van der Waals surface area (Å²) in [6, 6.07) is 22.2. The second kappa shape index (κ2) is 21.8. The Hall–Kier alpha value is -4.96. The number of nitrogens with zero attached hydrogens (tertiary/aromatic N) is 2. The first-order chi connectivity index (χ1) is 20.3. The molecule has 0 fully saturated rings. The number of benzene rings is 3. The minimum Gasteiger partial charge on any atom is -0.352 e. The van der Waals surface area contributed by atoms with E-state index in [4.69, 9.17) is 9.59 Å². The van der Waals surface area contributed by atoms with Crippen LogP contribution in [0.5, 0.6) is 0 Å². The Morgan fingerprint density at radius 2 is 1.21 bits per heavy atom. The maximum absolute atomic E-state index is 12.0. The summed E-state index contributed by atoms with van der Waals surface area (Å²) in [6.45, 7) is 7.05. The van der Waals surface area contributed by atoms with E-state index in [1.807, 2.05) is 57.0 Å². The van der Waals surface area contributed by atoms with Crippen LogP contribution in [0.1, 0.15) is 38.8 Å². The van der Waals surface area contributed by atoms with Crippen LogP contribution in [0.4, 0.5) is 11.4 Å². The molecule has 42 heavy (non-hydrogen) atoms. The summed E-state index contributed by atoms with van der Waals surface area (Å²) in [5.74, 6) is -0.113. The monoisotopic (exact) mass is 576 g/mol. The van der Waals surface area contributed by atoms with E-state index in [1.54, 1.807) is 50.2 Å². The number of hydrogen-bond acceptors (Lipinski definition) is 7. The smallest absolute Gasteiger partial charge is 0.251 e. The van der Waals surface area contributed by atoms with Crippen LogP contribution in [0, 0.1) is 0 Å². The molecule has 0 unspecified atom stereocenters. The zero-order valence-electron chi connectivity index (χ0n) is 24.7. The molecule has 3 aromatic rings. The van der Waals surface area contributed by atoms with Crippen LogP contribution < -0.4 is 20.4 Å². The highest BCUT2D eigenvalue weighted by atomic mass is 16.2. The molecular formula is C32H40N4O6. The maximum atomic E-state index is 12.0. The summed E-state index contributed by atoms with van der Waals surface area (Å²) in [7, 11) is 5.42. The Balaban J connectivity index is 0.000000766. The standard InChI is InChI=1S/C18H18N2O3.C12H18N2O.2CH2O/c1-20(13-22)17-8-4-14(5-9-17)10-11-19-18(23)16-6-2-15(12-21)3-7-16;1-10(15)14(3)12-6-4-11(5-7-12)8-9-13-2;2*1-2/h2-9,12-13H,10-11H2,1H3,(H,19,23);4-7,13H,8-9H2,1-3H3;2*1H2. The number of likely N-dealkylation sites (N-methyl/N-ethyl adjacent to an activating group) is 1. The molecule has 0 atom stereocenters. The zero-order chi connectivity index (χ0) is 31.9. The highest BCUT2D eigenvalue weighted by Crippen LogP contribution is 2.14. The van der Waals surface area contributed by atoms with Crippen LogP contribution in [0.2, 0.25) is 0 Å². The van der Waals surface area contributed by atoms with Crippen molar-refractivity contribution >= 4 is 49.5 Å². The third-order valence-corrected chi connectivity index (χ3v) is 5.97. The van der Waals surface area contributed by atoms with Gasteiger partial charge in [0, 0.05) is 50.1 Å². The third-order valence-electron chi connectivity index (χ3n) is 5.97. The summed E-state index contributed by atoms with van der Waals surface area (Å²) in [5, 5.41) is 5.95. The van der Waals surface area contributed by atoms with Gasteiger partial charge in [0.2, 0.25) is 12.3 Å². The van der Waals surface area contributed by atoms with Crippen molar-refractivity contribution in [3.8, 4) is 0 Å². The average Bonchev–Trinajstić information content (AvgIpc) is 3.05. The van der Waals surface area contributed by atoms with E-state index in [0.717, 1.165) is 42.6 Å². The predicted octanol–water partition coefficient (Wildman–Crippen LogP) is 3.13. The van der Waals surface area contributed by atoms with Crippen LogP contribution in [0.15, 0.2) is 72.8 Å².